The first-order valence-electron chi connectivity index (χ1n) is 11.3. The van der Waals surface area contributed by atoms with Gasteiger partial charge in [-0.15, -0.1) is 0 Å². The normalized spacial score (nSPS) is 35.5. The van der Waals surface area contributed by atoms with E-state index in [2.05, 4.69) is 18.5 Å². The van der Waals surface area contributed by atoms with Gasteiger partial charge in [-0.25, -0.2) is 9.59 Å². The minimum absolute atomic E-state index is 0.118. The Hall–Kier alpha value is -2.73. The van der Waals surface area contributed by atoms with Gasteiger partial charge in [-0.1, -0.05) is 32.1 Å². The number of hydrogen-bond donors (Lipinski definition) is 1. The molecule has 0 radical (unpaired) electrons. The first-order valence-corrected chi connectivity index (χ1v) is 11.3. The number of nitrogens with zero attached hydrogens (tertiary/aromatic N) is 1. The number of esters is 2. The monoisotopic (exact) mass is 437 g/mol. The van der Waals surface area contributed by atoms with Gasteiger partial charge in [0.15, 0.2) is 0 Å². The summed E-state index contributed by atoms with van der Waals surface area (Å²) in [5.41, 5.74) is 1.48. The maximum Gasteiger partial charge on any atom is 0.342 e. The summed E-state index contributed by atoms with van der Waals surface area (Å²) in [7, 11) is 0. The molecule has 1 aliphatic heterocycles. The Bertz CT molecular complexity index is 968. The number of fused-ring (bicyclic) bond motifs is 1. The zero-order chi connectivity index (χ0) is 22.9. The Morgan fingerprint density at radius 2 is 2.22 bits per heavy atom. The SMILES string of the molecule is C=C1CC[C@@H]2[C@](C)(COC(=O)c3cccnc3)[C@H](O)CC[C@@]2(C)[C@@H]1C/C=C1\C=COC1=O. The van der Waals surface area contributed by atoms with E-state index in [1.807, 2.05) is 13.0 Å². The van der Waals surface area contributed by atoms with E-state index in [9.17, 15) is 14.7 Å². The molecule has 32 heavy (non-hydrogen) atoms. The molecule has 0 aromatic carbocycles. The van der Waals surface area contributed by atoms with Crippen LogP contribution in [0.15, 0.2) is 60.7 Å². The number of aliphatic hydroxyl groups is 1. The molecule has 4 rings (SSSR count). The largest absolute Gasteiger partial charge is 0.461 e. The third-order valence-electron chi connectivity index (χ3n) is 8.00. The van der Waals surface area contributed by atoms with E-state index in [1.54, 1.807) is 24.4 Å². The fourth-order valence-electron chi connectivity index (χ4n) is 6.11. The number of allylic oxidation sites excluding steroid dienone is 2. The summed E-state index contributed by atoms with van der Waals surface area (Å²) in [6.07, 6.45) is 11.5. The van der Waals surface area contributed by atoms with E-state index >= 15 is 0 Å². The molecule has 0 amide bonds. The third kappa shape index (κ3) is 3.92. The van der Waals surface area contributed by atoms with E-state index in [1.165, 1.54) is 18.0 Å². The second-order valence-electron chi connectivity index (χ2n) is 9.79. The van der Waals surface area contributed by atoms with E-state index in [0.29, 0.717) is 24.0 Å². The molecule has 2 aliphatic carbocycles. The Kier molecular flexibility index (Phi) is 6.08. The van der Waals surface area contributed by atoms with Gasteiger partial charge in [0.2, 0.25) is 0 Å². The molecule has 6 nitrogen and oxygen atoms in total. The van der Waals surface area contributed by atoms with Crippen molar-refractivity contribution in [1.82, 2.24) is 4.98 Å². The molecular weight excluding hydrogens is 406 g/mol. The van der Waals surface area contributed by atoms with Crippen LogP contribution in [0.1, 0.15) is 56.3 Å². The van der Waals surface area contributed by atoms with Crippen molar-refractivity contribution in [1.29, 1.82) is 0 Å². The molecular formula is C26H31NO5. The van der Waals surface area contributed by atoms with Gasteiger partial charge in [-0.05, 0) is 67.6 Å². The molecule has 1 aromatic heterocycles. The lowest BCUT2D eigenvalue weighted by Gasteiger charge is -2.60. The highest BCUT2D eigenvalue weighted by atomic mass is 16.5. The molecule has 170 valence electrons. The van der Waals surface area contributed by atoms with Gasteiger partial charge in [-0.3, -0.25) is 4.98 Å². The van der Waals surface area contributed by atoms with Crippen molar-refractivity contribution < 1.29 is 24.2 Å². The average molecular weight is 438 g/mol. The lowest BCUT2D eigenvalue weighted by atomic mass is 9.46. The summed E-state index contributed by atoms with van der Waals surface area (Å²) in [6, 6.07) is 3.38. The second kappa shape index (κ2) is 8.66. The van der Waals surface area contributed by atoms with Crippen molar-refractivity contribution in [2.75, 3.05) is 6.61 Å². The summed E-state index contributed by atoms with van der Waals surface area (Å²) >= 11 is 0. The van der Waals surface area contributed by atoms with E-state index in [-0.39, 0.29) is 29.8 Å². The highest BCUT2D eigenvalue weighted by Gasteiger charge is 2.58. The smallest absolute Gasteiger partial charge is 0.342 e. The first kappa shape index (κ1) is 22.5. The summed E-state index contributed by atoms with van der Waals surface area (Å²) in [5.74, 6) is -0.414. The molecule has 2 saturated carbocycles. The fourth-order valence-corrected chi connectivity index (χ4v) is 6.11. The molecule has 2 heterocycles. The van der Waals surface area contributed by atoms with Crippen LogP contribution in [-0.4, -0.2) is 34.7 Å². The average Bonchev–Trinajstić information content (AvgIpc) is 3.20. The maximum absolute atomic E-state index is 12.6. The number of hydrogen-bond acceptors (Lipinski definition) is 6. The van der Waals surface area contributed by atoms with Crippen LogP contribution < -0.4 is 0 Å². The minimum Gasteiger partial charge on any atom is -0.461 e. The predicted molar refractivity (Wildman–Crippen MR) is 119 cm³/mol. The number of aliphatic hydroxyl groups excluding tert-OH is 1. The van der Waals surface area contributed by atoms with Crippen LogP contribution in [0.3, 0.4) is 0 Å². The lowest BCUT2D eigenvalue weighted by Crippen LogP contribution is -2.57. The molecule has 5 atom stereocenters. The fraction of sp³-hybridized carbons (Fsp3) is 0.500. The predicted octanol–water partition coefficient (Wildman–Crippen LogP) is 4.38. The third-order valence-corrected chi connectivity index (χ3v) is 8.00. The molecule has 2 fully saturated rings. The number of carbonyl (C=O) groups is 2. The number of ether oxygens (including phenoxy) is 2. The highest BCUT2D eigenvalue weighted by Crippen LogP contribution is 2.62. The summed E-state index contributed by atoms with van der Waals surface area (Å²) < 4.78 is 10.6. The topological polar surface area (TPSA) is 85.7 Å². The first-order chi connectivity index (χ1) is 15.3. The molecule has 1 aromatic rings. The zero-order valence-electron chi connectivity index (χ0n) is 18.8. The molecule has 6 heteroatoms. The van der Waals surface area contributed by atoms with E-state index in [4.69, 9.17) is 9.47 Å². The van der Waals surface area contributed by atoms with Crippen molar-refractivity contribution >= 4 is 11.9 Å². The van der Waals surface area contributed by atoms with Crippen molar-refractivity contribution in [3.8, 4) is 0 Å². The number of aromatic nitrogens is 1. The van der Waals surface area contributed by atoms with Gasteiger partial charge >= 0.3 is 11.9 Å². The quantitative estimate of drug-likeness (QED) is 0.418. The highest BCUT2D eigenvalue weighted by molar-refractivity contribution is 5.94. The Balaban J connectivity index is 1.55. The van der Waals surface area contributed by atoms with Crippen LogP contribution in [0, 0.1) is 22.7 Å². The van der Waals surface area contributed by atoms with Gasteiger partial charge in [0.1, 0.15) is 0 Å². The molecule has 0 unspecified atom stereocenters. The van der Waals surface area contributed by atoms with Gasteiger partial charge in [-0.2, -0.15) is 0 Å². The minimum atomic E-state index is -0.566. The van der Waals surface area contributed by atoms with Gasteiger partial charge < -0.3 is 14.6 Å². The standard InChI is InChI=1S/C26H31NO5/c1-17-6-9-21-25(2,20(17)8-7-18-11-14-31-23(18)29)12-10-22(28)26(21,3)16-32-24(30)19-5-4-13-27-15-19/h4-5,7,11,13-15,20-22,28H,1,6,8-10,12,16H2,2-3H3/b18-7+/t20-,21+,22-,25+,26+/m1/s1. The molecule has 0 saturated heterocycles. The van der Waals surface area contributed by atoms with Crippen molar-refractivity contribution in [2.45, 2.75) is 52.1 Å². The van der Waals surface area contributed by atoms with Crippen LogP contribution in [0.5, 0.6) is 0 Å². The number of cyclic esters (lactones) is 1. The Labute approximate surface area is 189 Å². The lowest BCUT2D eigenvalue weighted by molar-refractivity contribution is -0.152. The summed E-state index contributed by atoms with van der Waals surface area (Å²) in [5, 5.41) is 11.0. The zero-order valence-corrected chi connectivity index (χ0v) is 18.8. The van der Waals surface area contributed by atoms with Crippen molar-refractivity contribution in [3.05, 3.63) is 66.2 Å². The van der Waals surface area contributed by atoms with Gasteiger partial charge in [0.25, 0.3) is 0 Å². The van der Waals surface area contributed by atoms with Gasteiger partial charge in [0.05, 0.1) is 30.1 Å². The number of carbonyl (C=O) groups excluding carboxylic acids is 2. The van der Waals surface area contributed by atoms with Crippen LogP contribution in [-0.2, 0) is 14.3 Å². The van der Waals surface area contributed by atoms with Crippen molar-refractivity contribution in [2.24, 2.45) is 22.7 Å². The van der Waals surface area contributed by atoms with Crippen LogP contribution in [0.25, 0.3) is 0 Å². The van der Waals surface area contributed by atoms with Crippen LogP contribution in [0.2, 0.25) is 0 Å². The van der Waals surface area contributed by atoms with Gasteiger partial charge in [0, 0.05) is 17.8 Å². The Morgan fingerprint density at radius 3 is 2.91 bits per heavy atom. The maximum atomic E-state index is 12.6. The van der Waals surface area contributed by atoms with E-state index in [0.717, 1.165) is 19.3 Å². The molecule has 3 aliphatic rings. The van der Waals surface area contributed by atoms with Crippen LogP contribution in [0.4, 0.5) is 0 Å². The van der Waals surface area contributed by atoms with Crippen molar-refractivity contribution in [3.63, 3.8) is 0 Å². The Morgan fingerprint density at radius 1 is 1.41 bits per heavy atom. The van der Waals surface area contributed by atoms with E-state index < -0.39 is 17.5 Å². The number of pyridine rings is 1. The number of rotatable bonds is 5. The summed E-state index contributed by atoms with van der Waals surface area (Å²) in [6.45, 7) is 8.81. The second-order valence-corrected chi connectivity index (χ2v) is 9.79. The molecule has 1 N–H and O–H groups in total. The molecule has 0 spiro atoms. The summed E-state index contributed by atoms with van der Waals surface area (Å²) in [4.78, 5) is 28.4. The molecule has 0 bridgehead atoms. The van der Waals surface area contributed by atoms with Crippen LogP contribution >= 0.6 is 0 Å².